The normalized spacial score (nSPS) is 24.0. The Labute approximate surface area is 114 Å². The van der Waals surface area contributed by atoms with Gasteiger partial charge in [0, 0.05) is 5.56 Å². The number of rotatable bonds is 3. The molecule has 0 N–H and O–H groups in total. The second kappa shape index (κ2) is 5.87. The Kier molecular flexibility index (Phi) is 4.44. The van der Waals surface area contributed by atoms with Gasteiger partial charge in [-0.3, -0.25) is 0 Å². The topological polar surface area (TPSA) is 35.0 Å². The zero-order valence-electron chi connectivity index (χ0n) is 11.4. The van der Waals surface area contributed by atoms with Gasteiger partial charge in [-0.15, -0.1) is 10.2 Å². The van der Waals surface area contributed by atoms with E-state index in [1.807, 2.05) is 13.8 Å². The first-order valence-corrected chi connectivity index (χ1v) is 7.15. The summed E-state index contributed by atoms with van der Waals surface area (Å²) in [6, 6.07) is 0. The number of ether oxygens (including phenoxy) is 1. The number of hydrogen-bond donors (Lipinski definition) is 0. The van der Waals surface area contributed by atoms with E-state index < -0.39 is 0 Å². The largest absolute Gasteiger partial charge is 0.473 e. The average molecular weight is 269 g/mol. The first-order chi connectivity index (χ1) is 8.61. The third kappa shape index (κ3) is 2.94. The average Bonchev–Trinajstić information content (AvgIpc) is 2.40. The Morgan fingerprint density at radius 3 is 2.72 bits per heavy atom. The standard InChI is InChI=1S/C14H21ClN2O/c1-4-11-6-5-7-12(8-11)18-14-10(3)9(2)13(15)16-17-14/h11-12H,4-8H2,1-3H3. The van der Waals surface area contributed by atoms with Crippen LogP contribution < -0.4 is 4.74 Å². The number of halogens is 1. The molecule has 100 valence electrons. The summed E-state index contributed by atoms with van der Waals surface area (Å²) >= 11 is 5.95. The molecule has 2 unspecified atom stereocenters. The first-order valence-electron chi connectivity index (χ1n) is 6.77. The number of nitrogens with zero attached hydrogens (tertiary/aromatic N) is 2. The van der Waals surface area contributed by atoms with Gasteiger partial charge in [0.2, 0.25) is 5.88 Å². The summed E-state index contributed by atoms with van der Waals surface area (Å²) in [6.07, 6.45) is 6.38. The van der Waals surface area contributed by atoms with Gasteiger partial charge in [-0.1, -0.05) is 31.4 Å². The molecule has 1 saturated carbocycles. The lowest BCUT2D eigenvalue weighted by molar-refractivity contribution is 0.115. The summed E-state index contributed by atoms with van der Waals surface area (Å²) in [6.45, 7) is 6.20. The van der Waals surface area contributed by atoms with Crippen LogP contribution in [0.5, 0.6) is 5.88 Å². The Balaban J connectivity index is 2.07. The van der Waals surface area contributed by atoms with Crippen molar-refractivity contribution in [3.8, 4) is 5.88 Å². The quantitative estimate of drug-likeness (QED) is 0.828. The van der Waals surface area contributed by atoms with Crippen molar-refractivity contribution in [2.75, 3.05) is 0 Å². The van der Waals surface area contributed by atoms with Crippen molar-refractivity contribution >= 4 is 11.6 Å². The van der Waals surface area contributed by atoms with Crippen LogP contribution in [0.1, 0.15) is 50.2 Å². The Bertz CT molecular complexity index is 423. The fourth-order valence-corrected chi connectivity index (χ4v) is 2.72. The minimum Gasteiger partial charge on any atom is -0.473 e. The van der Waals surface area contributed by atoms with Crippen molar-refractivity contribution in [2.45, 2.75) is 59.0 Å². The predicted molar refractivity (Wildman–Crippen MR) is 73.2 cm³/mol. The molecule has 0 aliphatic heterocycles. The Morgan fingerprint density at radius 1 is 1.22 bits per heavy atom. The third-order valence-electron chi connectivity index (χ3n) is 4.01. The minimum atomic E-state index is 0.289. The molecule has 0 radical (unpaired) electrons. The molecule has 0 saturated heterocycles. The molecule has 0 bridgehead atoms. The van der Waals surface area contributed by atoms with E-state index in [-0.39, 0.29) is 6.10 Å². The van der Waals surface area contributed by atoms with Crippen molar-refractivity contribution in [1.82, 2.24) is 10.2 Å². The van der Waals surface area contributed by atoms with Gasteiger partial charge in [-0.05, 0) is 44.6 Å². The van der Waals surface area contributed by atoms with Gasteiger partial charge in [0.15, 0.2) is 5.15 Å². The molecule has 1 aromatic rings. The van der Waals surface area contributed by atoms with Gasteiger partial charge >= 0.3 is 0 Å². The molecule has 0 spiro atoms. The van der Waals surface area contributed by atoms with Crippen molar-refractivity contribution in [2.24, 2.45) is 5.92 Å². The van der Waals surface area contributed by atoms with Crippen LogP contribution in [0.25, 0.3) is 0 Å². The molecular weight excluding hydrogens is 248 g/mol. The van der Waals surface area contributed by atoms with E-state index in [1.165, 1.54) is 19.3 Å². The summed E-state index contributed by atoms with van der Waals surface area (Å²) in [5, 5.41) is 8.48. The molecule has 18 heavy (non-hydrogen) atoms. The van der Waals surface area contributed by atoms with Gasteiger partial charge in [0.1, 0.15) is 6.10 Å². The van der Waals surface area contributed by atoms with Crippen molar-refractivity contribution in [3.05, 3.63) is 16.3 Å². The minimum absolute atomic E-state index is 0.289. The highest BCUT2D eigenvalue weighted by molar-refractivity contribution is 6.30. The van der Waals surface area contributed by atoms with Crippen molar-refractivity contribution < 1.29 is 4.74 Å². The van der Waals surface area contributed by atoms with Crippen LogP contribution in [0.4, 0.5) is 0 Å². The second-order valence-corrected chi connectivity index (χ2v) is 5.58. The summed E-state index contributed by atoms with van der Waals surface area (Å²) in [4.78, 5) is 0. The maximum absolute atomic E-state index is 6.02. The number of aromatic nitrogens is 2. The summed E-state index contributed by atoms with van der Waals surface area (Å²) in [7, 11) is 0. The molecule has 1 aliphatic rings. The SMILES string of the molecule is CCC1CCCC(Oc2nnc(Cl)c(C)c2C)C1. The lowest BCUT2D eigenvalue weighted by Gasteiger charge is -2.28. The predicted octanol–water partition coefficient (Wildman–Crippen LogP) is 4.09. The molecular formula is C14H21ClN2O. The maximum Gasteiger partial charge on any atom is 0.237 e. The van der Waals surface area contributed by atoms with E-state index in [9.17, 15) is 0 Å². The molecule has 1 aromatic heterocycles. The highest BCUT2D eigenvalue weighted by atomic mass is 35.5. The van der Waals surface area contributed by atoms with E-state index in [2.05, 4.69) is 17.1 Å². The second-order valence-electron chi connectivity index (χ2n) is 5.23. The van der Waals surface area contributed by atoms with Crippen LogP contribution in [-0.4, -0.2) is 16.3 Å². The van der Waals surface area contributed by atoms with Crippen LogP contribution >= 0.6 is 11.6 Å². The van der Waals surface area contributed by atoms with Gasteiger partial charge in [-0.25, -0.2) is 0 Å². The van der Waals surface area contributed by atoms with E-state index in [1.54, 1.807) is 0 Å². The summed E-state index contributed by atoms with van der Waals surface area (Å²) < 4.78 is 6.02. The summed E-state index contributed by atoms with van der Waals surface area (Å²) in [5.41, 5.74) is 1.97. The smallest absolute Gasteiger partial charge is 0.237 e. The molecule has 2 atom stereocenters. The first kappa shape index (κ1) is 13.6. The van der Waals surface area contributed by atoms with Gasteiger partial charge in [-0.2, -0.15) is 0 Å². The molecule has 2 rings (SSSR count). The lowest BCUT2D eigenvalue weighted by Crippen LogP contribution is -2.26. The van der Waals surface area contributed by atoms with Crippen LogP contribution in [0.15, 0.2) is 0 Å². The molecule has 4 heteroatoms. The number of hydrogen-bond acceptors (Lipinski definition) is 3. The van der Waals surface area contributed by atoms with Crippen molar-refractivity contribution in [3.63, 3.8) is 0 Å². The van der Waals surface area contributed by atoms with E-state index in [0.717, 1.165) is 29.9 Å². The maximum atomic E-state index is 6.02. The van der Waals surface area contributed by atoms with Crippen LogP contribution in [0.3, 0.4) is 0 Å². The highest BCUT2D eigenvalue weighted by Gasteiger charge is 2.23. The molecule has 1 aliphatic carbocycles. The fourth-order valence-electron chi connectivity index (χ4n) is 2.54. The molecule has 0 amide bonds. The van der Waals surface area contributed by atoms with Crippen molar-refractivity contribution in [1.29, 1.82) is 0 Å². The lowest BCUT2D eigenvalue weighted by atomic mass is 9.85. The zero-order valence-corrected chi connectivity index (χ0v) is 12.1. The molecule has 0 aromatic carbocycles. The van der Waals surface area contributed by atoms with Gasteiger partial charge in [0.25, 0.3) is 0 Å². The highest BCUT2D eigenvalue weighted by Crippen LogP contribution is 2.31. The Morgan fingerprint density at radius 2 is 2.00 bits per heavy atom. The van der Waals surface area contributed by atoms with Gasteiger partial charge < -0.3 is 4.74 Å². The fraction of sp³-hybridized carbons (Fsp3) is 0.714. The zero-order chi connectivity index (χ0) is 13.1. The van der Waals surface area contributed by atoms with Gasteiger partial charge in [0.05, 0.1) is 0 Å². The van der Waals surface area contributed by atoms with Crippen LogP contribution in [0, 0.1) is 19.8 Å². The molecule has 1 fully saturated rings. The molecule has 3 nitrogen and oxygen atoms in total. The summed E-state index contributed by atoms with van der Waals surface area (Å²) in [5.74, 6) is 1.45. The van der Waals surface area contributed by atoms with E-state index in [0.29, 0.717) is 11.0 Å². The molecule has 1 heterocycles. The Hall–Kier alpha value is -0.830. The third-order valence-corrected chi connectivity index (χ3v) is 4.37. The van der Waals surface area contributed by atoms with Crippen LogP contribution in [-0.2, 0) is 0 Å². The van der Waals surface area contributed by atoms with E-state index in [4.69, 9.17) is 16.3 Å². The van der Waals surface area contributed by atoms with E-state index >= 15 is 0 Å². The van der Waals surface area contributed by atoms with Crippen LogP contribution in [0.2, 0.25) is 5.15 Å². The monoisotopic (exact) mass is 268 g/mol.